The fourth-order valence-corrected chi connectivity index (χ4v) is 3.46. The zero-order valence-electron chi connectivity index (χ0n) is 16.9. The molecule has 0 saturated carbocycles. The van der Waals surface area contributed by atoms with Crippen LogP contribution in [0.2, 0.25) is 0 Å². The Bertz CT molecular complexity index is 635. The Hall–Kier alpha value is -1.60. The van der Waals surface area contributed by atoms with Gasteiger partial charge in [-0.15, -0.1) is 0 Å². The molecule has 0 aliphatic rings. The molecular weight excluding hydrogens is 302 g/mol. The smallest absolute Gasteiger partial charge is 0.0146 e. The van der Waals surface area contributed by atoms with Crippen molar-refractivity contribution in [1.29, 1.82) is 0 Å². The van der Waals surface area contributed by atoms with Gasteiger partial charge in [0.15, 0.2) is 0 Å². The summed E-state index contributed by atoms with van der Waals surface area (Å²) in [5, 5.41) is 3.66. The van der Waals surface area contributed by atoms with E-state index >= 15 is 0 Å². The number of hydrogen-bond acceptors (Lipinski definition) is 1. The van der Waals surface area contributed by atoms with Gasteiger partial charge in [-0.2, -0.15) is 0 Å². The second kappa shape index (κ2) is 8.67. The highest BCUT2D eigenvalue weighted by molar-refractivity contribution is 5.39. The van der Waals surface area contributed by atoms with Gasteiger partial charge in [0.25, 0.3) is 0 Å². The lowest BCUT2D eigenvalue weighted by molar-refractivity contribution is 0.449. The molecule has 1 N–H and O–H groups in total. The quantitative estimate of drug-likeness (QED) is 0.633. The number of benzene rings is 2. The Morgan fingerprint density at radius 2 is 1.28 bits per heavy atom. The van der Waals surface area contributed by atoms with Crippen molar-refractivity contribution < 1.29 is 0 Å². The molecule has 0 radical (unpaired) electrons. The molecule has 1 unspecified atom stereocenters. The Balaban J connectivity index is 2.14. The normalized spacial score (nSPS) is 13.2. The maximum atomic E-state index is 3.66. The topological polar surface area (TPSA) is 12.0 Å². The van der Waals surface area contributed by atoms with Gasteiger partial charge in [0.2, 0.25) is 0 Å². The summed E-state index contributed by atoms with van der Waals surface area (Å²) >= 11 is 0. The fraction of sp³-hybridized carbons (Fsp3) is 0.500. The number of hydrogen-bond donors (Lipinski definition) is 1. The summed E-state index contributed by atoms with van der Waals surface area (Å²) in [6, 6.07) is 19.4. The van der Waals surface area contributed by atoms with E-state index in [2.05, 4.69) is 95.4 Å². The first-order chi connectivity index (χ1) is 11.9. The molecule has 25 heavy (non-hydrogen) atoms. The number of aryl methyl sites for hydroxylation is 1. The van der Waals surface area contributed by atoms with E-state index < -0.39 is 0 Å². The molecule has 2 aromatic carbocycles. The third-order valence-corrected chi connectivity index (χ3v) is 5.30. The van der Waals surface area contributed by atoms with Crippen LogP contribution in [-0.2, 0) is 18.3 Å². The fourth-order valence-electron chi connectivity index (χ4n) is 3.46. The zero-order valence-corrected chi connectivity index (χ0v) is 16.9. The average Bonchev–Trinajstić information content (AvgIpc) is 2.61. The first-order valence-corrected chi connectivity index (χ1v) is 9.81. The van der Waals surface area contributed by atoms with Gasteiger partial charge in [0.05, 0.1) is 0 Å². The molecule has 0 fully saturated rings. The second-order valence-electron chi connectivity index (χ2n) is 8.00. The second-order valence-corrected chi connectivity index (χ2v) is 8.00. The van der Waals surface area contributed by atoms with Gasteiger partial charge in [-0.05, 0) is 41.5 Å². The van der Waals surface area contributed by atoms with Crippen molar-refractivity contribution >= 4 is 0 Å². The van der Waals surface area contributed by atoms with Crippen LogP contribution in [-0.4, -0.2) is 12.1 Å². The van der Waals surface area contributed by atoms with Crippen LogP contribution in [0.25, 0.3) is 0 Å². The summed E-state index contributed by atoms with van der Waals surface area (Å²) in [7, 11) is 0. The van der Waals surface area contributed by atoms with Crippen LogP contribution in [0.15, 0.2) is 48.5 Å². The highest BCUT2D eigenvalue weighted by atomic mass is 14.9. The predicted molar refractivity (Wildman–Crippen MR) is 110 cm³/mol. The summed E-state index contributed by atoms with van der Waals surface area (Å²) in [6.07, 6.45) is 3.36. The Morgan fingerprint density at radius 3 is 1.68 bits per heavy atom. The standard InChI is InChI=1S/C24H35N/c1-7-19-9-13-21(14-10-19)24(5,6)22-15-11-20(12-16-22)17-23(8-2)25-18(3)4/h9-16,18,23,25H,7-8,17H2,1-6H3. The largest absolute Gasteiger partial charge is 0.311 e. The maximum Gasteiger partial charge on any atom is 0.0146 e. The molecule has 0 spiro atoms. The number of rotatable bonds is 8. The Morgan fingerprint density at radius 1 is 0.800 bits per heavy atom. The van der Waals surface area contributed by atoms with Crippen LogP contribution >= 0.6 is 0 Å². The molecule has 0 bridgehead atoms. The average molecular weight is 338 g/mol. The van der Waals surface area contributed by atoms with Gasteiger partial charge in [0, 0.05) is 17.5 Å². The van der Waals surface area contributed by atoms with Gasteiger partial charge >= 0.3 is 0 Å². The minimum atomic E-state index is 0.0329. The molecule has 1 atom stereocenters. The van der Waals surface area contributed by atoms with Crippen molar-refractivity contribution in [3.63, 3.8) is 0 Å². The predicted octanol–water partition coefficient (Wildman–Crippen LogP) is 5.89. The minimum Gasteiger partial charge on any atom is -0.311 e. The maximum absolute atomic E-state index is 3.66. The lowest BCUT2D eigenvalue weighted by Crippen LogP contribution is -2.35. The molecular formula is C24H35N. The lowest BCUT2D eigenvalue weighted by atomic mass is 9.77. The Labute approximate surface area is 154 Å². The van der Waals surface area contributed by atoms with E-state index in [0.717, 1.165) is 19.3 Å². The SMILES string of the molecule is CCc1ccc(C(C)(C)c2ccc(CC(CC)NC(C)C)cc2)cc1. The van der Waals surface area contributed by atoms with Crippen LogP contribution in [0, 0.1) is 0 Å². The highest BCUT2D eigenvalue weighted by Crippen LogP contribution is 2.32. The van der Waals surface area contributed by atoms with Crippen molar-refractivity contribution in [2.24, 2.45) is 0 Å². The van der Waals surface area contributed by atoms with Gasteiger partial charge in [-0.1, -0.05) is 90.1 Å². The van der Waals surface area contributed by atoms with Gasteiger partial charge in [0.1, 0.15) is 0 Å². The molecule has 0 aliphatic carbocycles. The first kappa shape index (κ1) is 19.7. The summed E-state index contributed by atoms with van der Waals surface area (Å²) in [4.78, 5) is 0. The molecule has 1 heteroatoms. The van der Waals surface area contributed by atoms with E-state index in [9.17, 15) is 0 Å². The van der Waals surface area contributed by atoms with Crippen LogP contribution in [0.1, 0.15) is 70.2 Å². The third-order valence-electron chi connectivity index (χ3n) is 5.30. The first-order valence-electron chi connectivity index (χ1n) is 9.81. The van der Waals surface area contributed by atoms with Crippen molar-refractivity contribution in [1.82, 2.24) is 5.32 Å². The summed E-state index contributed by atoms with van der Waals surface area (Å²) in [5.41, 5.74) is 5.61. The van der Waals surface area contributed by atoms with E-state index in [0.29, 0.717) is 12.1 Å². The monoisotopic (exact) mass is 337 g/mol. The van der Waals surface area contributed by atoms with Gasteiger partial charge in [-0.3, -0.25) is 0 Å². The lowest BCUT2D eigenvalue weighted by Gasteiger charge is -2.27. The summed E-state index contributed by atoms with van der Waals surface area (Å²) in [6.45, 7) is 13.5. The van der Waals surface area contributed by atoms with Crippen LogP contribution in [0.5, 0.6) is 0 Å². The van der Waals surface area contributed by atoms with E-state index in [1.807, 2.05) is 0 Å². The molecule has 0 aromatic heterocycles. The minimum absolute atomic E-state index is 0.0329. The van der Waals surface area contributed by atoms with Gasteiger partial charge < -0.3 is 5.32 Å². The van der Waals surface area contributed by atoms with E-state index in [4.69, 9.17) is 0 Å². The molecule has 0 amide bonds. The van der Waals surface area contributed by atoms with Crippen LogP contribution < -0.4 is 5.32 Å². The molecule has 136 valence electrons. The van der Waals surface area contributed by atoms with Crippen molar-refractivity contribution in [3.8, 4) is 0 Å². The van der Waals surface area contributed by atoms with Crippen LogP contribution in [0.3, 0.4) is 0 Å². The summed E-state index contributed by atoms with van der Waals surface area (Å²) < 4.78 is 0. The molecule has 2 rings (SSSR count). The molecule has 0 saturated heterocycles. The zero-order chi connectivity index (χ0) is 18.4. The van der Waals surface area contributed by atoms with Crippen molar-refractivity contribution in [2.75, 3.05) is 0 Å². The molecule has 0 aliphatic heterocycles. The summed E-state index contributed by atoms with van der Waals surface area (Å²) in [5.74, 6) is 0. The van der Waals surface area contributed by atoms with E-state index in [1.54, 1.807) is 0 Å². The number of nitrogens with one attached hydrogen (secondary N) is 1. The Kier molecular flexibility index (Phi) is 6.84. The molecule has 0 heterocycles. The van der Waals surface area contributed by atoms with Crippen molar-refractivity contribution in [3.05, 3.63) is 70.8 Å². The van der Waals surface area contributed by atoms with Crippen LogP contribution in [0.4, 0.5) is 0 Å². The van der Waals surface area contributed by atoms with Crippen molar-refractivity contribution in [2.45, 2.75) is 78.3 Å². The highest BCUT2D eigenvalue weighted by Gasteiger charge is 2.23. The molecule has 1 nitrogen and oxygen atoms in total. The third kappa shape index (κ3) is 5.19. The molecule has 2 aromatic rings. The van der Waals surface area contributed by atoms with E-state index in [1.165, 1.54) is 22.3 Å². The van der Waals surface area contributed by atoms with E-state index in [-0.39, 0.29) is 5.41 Å². The van der Waals surface area contributed by atoms with Gasteiger partial charge in [-0.25, -0.2) is 0 Å².